The summed E-state index contributed by atoms with van der Waals surface area (Å²) in [4.78, 5) is 59.1. The normalized spacial score (nSPS) is 26.1. The van der Waals surface area contributed by atoms with Crippen molar-refractivity contribution in [2.45, 2.75) is 6.42 Å². The zero-order valence-corrected chi connectivity index (χ0v) is 25.5. The third kappa shape index (κ3) is 4.34. The molecule has 5 aliphatic rings. The number of anilines is 1. The summed E-state index contributed by atoms with van der Waals surface area (Å²) in [7, 11) is 0. The van der Waals surface area contributed by atoms with E-state index in [1.165, 1.54) is 4.90 Å². The molecule has 2 heterocycles. The lowest BCUT2D eigenvalue weighted by molar-refractivity contribution is -0.124. The van der Waals surface area contributed by atoms with Crippen LogP contribution in [-0.2, 0) is 14.3 Å². The van der Waals surface area contributed by atoms with Gasteiger partial charge in [-0.1, -0.05) is 63.9 Å². The second kappa shape index (κ2) is 10.2. The van der Waals surface area contributed by atoms with Crippen molar-refractivity contribution < 1.29 is 23.9 Å². The van der Waals surface area contributed by atoms with Crippen LogP contribution in [0.25, 0.3) is 22.2 Å². The van der Waals surface area contributed by atoms with Crippen LogP contribution in [0.4, 0.5) is 5.69 Å². The average molecular weight is 668 g/mol. The predicted molar refractivity (Wildman–Crippen MR) is 168 cm³/mol. The molecule has 1 aromatic heterocycles. The maximum Gasteiger partial charge on any atom is 0.339 e. The molecular weight excluding hydrogens is 644 g/mol. The molecule has 1 saturated heterocycles. The summed E-state index contributed by atoms with van der Waals surface area (Å²) >= 11 is 9.59. The number of imide groups is 1. The number of amides is 2. The molecule has 4 aromatic rings. The summed E-state index contributed by atoms with van der Waals surface area (Å²) in [6, 6.07) is 20.5. The average Bonchev–Trinajstić information content (AvgIpc) is 3.82. The molecule has 44 heavy (non-hydrogen) atoms. The number of halogens is 2. The number of Topliss-reactive ketones (excluding diaryl/α,β-unsaturated/α-hetero) is 1. The van der Waals surface area contributed by atoms with Crippen LogP contribution in [0.1, 0.15) is 27.1 Å². The smallest absolute Gasteiger partial charge is 0.339 e. The van der Waals surface area contributed by atoms with E-state index in [2.05, 4.69) is 28.1 Å². The second-order valence-corrected chi connectivity index (χ2v) is 13.3. The van der Waals surface area contributed by atoms with E-state index in [1.54, 1.807) is 72.8 Å². The van der Waals surface area contributed by atoms with E-state index in [9.17, 15) is 19.2 Å². The zero-order valence-electron chi connectivity index (χ0n) is 23.2. The van der Waals surface area contributed by atoms with Crippen molar-refractivity contribution in [3.05, 3.63) is 106 Å². The quantitative estimate of drug-likeness (QED) is 0.0960. The summed E-state index contributed by atoms with van der Waals surface area (Å²) in [6.07, 6.45) is 5.44. The molecule has 3 fully saturated rings. The van der Waals surface area contributed by atoms with E-state index in [0.717, 1.165) is 10.9 Å². The minimum atomic E-state index is -0.680. The highest BCUT2D eigenvalue weighted by atomic mass is 79.9. The monoisotopic (exact) mass is 666 g/mol. The van der Waals surface area contributed by atoms with Gasteiger partial charge in [0.1, 0.15) is 0 Å². The van der Waals surface area contributed by atoms with Gasteiger partial charge in [0.15, 0.2) is 12.4 Å². The molecule has 6 unspecified atom stereocenters. The van der Waals surface area contributed by atoms with Crippen LogP contribution < -0.4 is 4.90 Å². The van der Waals surface area contributed by atoms with Gasteiger partial charge in [0.2, 0.25) is 11.8 Å². The van der Waals surface area contributed by atoms with Gasteiger partial charge in [-0.25, -0.2) is 9.78 Å². The lowest BCUT2D eigenvalue weighted by Crippen LogP contribution is -2.40. The molecule has 0 N–H and O–H groups in total. The highest BCUT2D eigenvalue weighted by molar-refractivity contribution is 9.10. The molecular formula is C35H24BrClN2O5. The summed E-state index contributed by atoms with van der Waals surface area (Å²) in [6.45, 7) is -0.423. The van der Waals surface area contributed by atoms with Crippen molar-refractivity contribution in [2.75, 3.05) is 11.5 Å². The summed E-state index contributed by atoms with van der Waals surface area (Å²) in [5.41, 5.74) is 2.88. The Morgan fingerprint density at radius 1 is 0.886 bits per heavy atom. The highest BCUT2D eigenvalue weighted by Crippen LogP contribution is 2.65. The Balaban J connectivity index is 1.07. The first kappa shape index (κ1) is 27.4. The Morgan fingerprint density at radius 2 is 1.55 bits per heavy atom. The van der Waals surface area contributed by atoms with Crippen molar-refractivity contribution in [1.82, 2.24) is 4.98 Å². The molecule has 0 spiro atoms. The number of esters is 1. The van der Waals surface area contributed by atoms with Gasteiger partial charge in [-0.3, -0.25) is 19.3 Å². The van der Waals surface area contributed by atoms with E-state index >= 15 is 0 Å². The number of fused-ring (bicyclic) bond motifs is 1. The molecule has 2 bridgehead atoms. The third-order valence-corrected chi connectivity index (χ3v) is 10.3. The Bertz CT molecular complexity index is 1900. The van der Waals surface area contributed by atoms with Crippen molar-refractivity contribution in [1.29, 1.82) is 0 Å². The minimum Gasteiger partial charge on any atom is -0.454 e. The lowest BCUT2D eigenvalue weighted by atomic mass is 9.63. The Labute approximate surface area is 266 Å². The summed E-state index contributed by atoms with van der Waals surface area (Å²) < 4.78 is 6.28. The van der Waals surface area contributed by atoms with Gasteiger partial charge in [0, 0.05) is 26.0 Å². The van der Waals surface area contributed by atoms with Gasteiger partial charge in [-0.2, -0.15) is 0 Å². The molecule has 2 saturated carbocycles. The number of rotatable bonds is 6. The number of carbonyl (C=O) groups excluding carboxylic acids is 4. The molecule has 9 rings (SSSR count). The van der Waals surface area contributed by atoms with Crippen LogP contribution >= 0.6 is 27.5 Å². The molecule has 3 aromatic carbocycles. The molecule has 7 nitrogen and oxygen atoms in total. The summed E-state index contributed by atoms with van der Waals surface area (Å²) in [5.74, 6) is -0.355. The fourth-order valence-electron chi connectivity index (χ4n) is 7.44. The lowest BCUT2D eigenvalue weighted by Gasteiger charge is -2.37. The molecule has 4 aliphatic carbocycles. The van der Waals surface area contributed by atoms with Crippen LogP contribution in [0.2, 0.25) is 5.02 Å². The highest BCUT2D eigenvalue weighted by Gasteiger charge is 2.67. The van der Waals surface area contributed by atoms with E-state index < -0.39 is 12.6 Å². The Morgan fingerprint density at radius 3 is 2.20 bits per heavy atom. The molecule has 0 radical (unpaired) electrons. The maximum absolute atomic E-state index is 13.5. The number of aromatic nitrogens is 1. The first-order chi connectivity index (χ1) is 21.3. The van der Waals surface area contributed by atoms with Crippen LogP contribution in [0.5, 0.6) is 0 Å². The number of ether oxygens (including phenoxy) is 1. The minimum absolute atomic E-state index is 0.110. The Hall–Kier alpha value is -4.14. The maximum atomic E-state index is 13.5. The second-order valence-electron chi connectivity index (χ2n) is 11.9. The van der Waals surface area contributed by atoms with Gasteiger partial charge in [0.25, 0.3) is 0 Å². The fourth-order valence-corrected chi connectivity index (χ4v) is 7.87. The number of carbonyl (C=O) groups is 4. The number of ketones is 1. The molecule has 1 aliphatic heterocycles. The molecule has 218 valence electrons. The van der Waals surface area contributed by atoms with Gasteiger partial charge in [-0.05, 0) is 78.6 Å². The number of pyridine rings is 1. The fraction of sp³-hybridized carbons (Fsp3) is 0.229. The number of allylic oxidation sites excluding steroid dienone is 2. The number of hydrogen-bond acceptors (Lipinski definition) is 6. The number of hydrogen-bond donors (Lipinski definition) is 0. The topological polar surface area (TPSA) is 93.6 Å². The van der Waals surface area contributed by atoms with Crippen LogP contribution in [0.15, 0.2) is 89.4 Å². The van der Waals surface area contributed by atoms with Gasteiger partial charge in [0.05, 0.1) is 34.3 Å². The first-order valence-corrected chi connectivity index (χ1v) is 15.7. The summed E-state index contributed by atoms with van der Waals surface area (Å²) in [5, 5.41) is 0.925. The third-order valence-electron chi connectivity index (χ3n) is 9.58. The zero-order chi connectivity index (χ0) is 30.3. The van der Waals surface area contributed by atoms with E-state index in [-0.39, 0.29) is 46.8 Å². The van der Waals surface area contributed by atoms with Crippen molar-refractivity contribution >= 4 is 67.7 Å². The van der Waals surface area contributed by atoms with Crippen molar-refractivity contribution in [3.63, 3.8) is 0 Å². The number of nitrogens with zero attached hydrogens (tertiary/aromatic N) is 2. The van der Waals surface area contributed by atoms with Gasteiger partial charge in [-0.15, -0.1) is 0 Å². The Kier molecular flexibility index (Phi) is 6.36. The largest absolute Gasteiger partial charge is 0.454 e. The standard InChI is InChI=1S/C35H24BrClN2O5/c36-19-5-1-18(2-6-19)30(40)16-44-35(43)27-15-29(38-28-12-7-20(37)13-26(27)28)17-3-8-21(9-4-17)39-33(41)31-22-10-11-23(25-14-24(22)25)32(31)34(39)42/h1-13,15,22-25,31-32H,14,16H2. The predicted octanol–water partition coefficient (Wildman–Crippen LogP) is 6.91. The SMILES string of the molecule is O=C(COC(=O)c1cc(-c2ccc(N3C(=O)C4C5C=CC(C6CC56)C4C3=O)cc2)nc2ccc(Cl)cc12)c1ccc(Br)cc1. The van der Waals surface area contributed by atoms with Crippen LogP contribution in [0.3, 0.4) is 0 Å². The van der Waals surface area contributed by atoms with E-state index in [1.807, 2.05) is 0 Å². The van der Waals surface area contributed by atoms with Crippen LogP contribution in [0, 0.1) is 35.5 Å². The number of benzene rings is 3. The van der Waals surface area contributed by atoms with Gasteiger partial charge >= 0.3 is 5.97 Å². The van der Waals surface area contributed by atoms with E-state index in [0.29, 0.717) is 50.3 Å². The van der Waals surface area contributed by atoms with Crippen molar-refractivity contribution in [2.24, 2.45) is 35.5 Å². The first-order valence-electron chi connectivity index (χ1n) is 14.5. The molecule has 6 atom stereocenters. The van der Waals surface area contributed by atoms with E-state index in [4.69, 9.17) is 21.3 Å². The van der Waals surface area contributed by atoms with Crippen LogP contribution in [-0.4, -0.2) is 35.2 Å². The van der Waals surface area contributed by atoms with Crippen molar-refractivity contribution in [3.8, 4) is 11.3 Å². The molecule has 2 amide bonds. The molecule has 9 heteroatoms. The van der Waals surface area contributed by atoms with Gasteiger partial charge < -0.3 is 4.74 Å².